The predicted octanol–water partition coefficient (Wildman–Crippen LogP) is -3.84. The Morgan fingerprint density at radius 2 is 1.50 bits per heavy atom. The third-order valence-corrected chi connectivity index (χ3v) is 1.48. The number of hydrogen-bond acceptors (Lipinski definition) is 5. The molecule has 0 saturated carbocycles. The van der Waals surface area contributed by atoms with Gasteiger partial charge in [-0.05, 0) is 0 Å². The normalized spacial score (nSPS) is 14.6. The van der Waals surface area contributed by atoms with E-state index in [4.69, 9.17) is 25.5 Å². The van der Waals surface area contributed by atoms with Crippen LogP contribution in [0.25, 0.3) is 0 Å². The van der Waals surface area contributed by atoms with E-state index in [0.717, 1.165) is 0 Å². The molecule has 2 atom stereocenters. The summed E-state index contributed by atoms with van der Waals surface area (Å²) in [4.78, 5) is 30.7. The minimum atomic E-state index is -3.22. The van der Waals surface area contributed by atoms with E-state index in [2.05, 4.69) is 0 Å². The van der Waals surface area contributed by atoms with E-state index < -0.39 is 36.0 Å². The average Bonchev–Trinajstić information content (AvgIpc) is 2.00. The number of carbonyl (C=O) groups is 3. The zero-order valence-electron chi connectivity index (χ0n) is 6.75. The molecule has 0 aromatic heterocycles. The van der Waals surface area contributed by atoms with Crippen molar-refractivity contribution in [3.05, 3.63) is 0 Å². The Kier molecular flexibility index (Phi) is 12.9. The van der Waals surface area contributed by atoms with Gasteiger partial charge in [0.15, 0.2) is 6.10 Å². The summed E-state index contributed by atoms with van der Waals surface area (Å²) in [6.07, 6.45) is -4.11. The molecule has 0 aliphatic carbocycles. The Bertz CT molecular complexity index is 282. The summed E-state index contributed by atoms with van der Waals surface area (Å²) in [7, 11) is 0. The molecular weight excluding hydrogens is 279 g/mol. The third kappa shape index (κ3) is 6.24. The van der Waals surface area contributed by atoms with Gasteiger partial charge < -0.3 is 25.5 Å². The standard InChI is InChI=1S/C6H8O8.Ca.K.3H/c7-2(8)1-6(14,5(12)13)3(9)4(10)11;;;;;/h3,9,14H,1H2,(H,7,8)(H,10,11)(H,12,13);;;;;. The van der Waals surface area contributed by atoms with Crippen LogP contribution in [0.15, 0.2) is 0 Å². The Hall–Kier alpha value is 1.23. The average molecular weight is 290 g/mol. The van der Waals surface area contributed by atoms with Gasteiger partial charge in [-0.2, -0.15) is 0 Å². The van der Waals surface area contributed by atoms with Gasteiger partial charge in [-0.25, -0.2) is 9.59 Å². The van der Waals surface area contributed by atoms with Gasteiger partial charge in [-0.1, -0.05) is 0 Å². The van der Waals surface area contributed by atoms with Crippen LogP contribution in [0.4, 0.5) is 0 Å². The van der Waals surface area contributed by atoms with Crippen molar-refractivity contribution in [2.24, 2.45) is 0 Å². The molecule has 0 fully saturated rings. The van der Waals surface area contributed by atoms with Crippen molar-refractivity contribution in [1.29, 1.82) is 0 Å². The van der Waals surface area contributed by atoms with Crippen LogP contribution in [0.5, 0.6) is 0 Å². The maximum absolute atomic E-state index is 10.4. The monoisotopic (exact) mass is 290 g/mol. The van der Waals surface area contributed by atoms with Crippen LogP contribution in [0.3, 0.4) is 0 Å². The van der Waals surface area contributed by atoms with Gasteiger partial charge in [0.1, 0.15) is 0 Å². The molecule has 5 N–H and O–H groups in total. The maximum atomic E-state index is 10.4. The number of rotatable bonds is 5. The summed E-state index contributed by atoms with van der Waals surface area (Å²) in [5, 5.41) is 42.6. The van der Waals surface area contributed by atoms with Crippen LogP contribution in [-0.4, -0.2) is 144 Å². The fourth-order valence-electron chi connectivity index (χ4n) is 0.724. The summed E-state index contributed by atoms with van der Waals surface area (Å²) in [6.45, 7) is 0. The third-order valence-electron chi connectivity index (χ3n) is 1.48. The Labute approximate surface area is 162 Å². The Morgan fingerprint density at radius 1 is 1.12 bits per heavy atom. The van der Waals surface area contributed by atoms with Crippen molar-refractivity contribution in [2.45, 2.75) is 18.1 Å². The van der Waals surface area contributed by atoms with E-state index in [0.29, 0.717) is 0 Å². The zero-order valence-corrected chi connectivity index (χ0v) is 6.75. The molecule has 8 nitrogen and oxygen atoms in total. The number of carboxylic acid groups (broad SMARTS) is 3. The second-order valence-electron chi connectivity index (χ2n) is 2.54. The SMILES string of the molecule is O=C(O)CC(O)(C(=O)O)C(O)C(=O)O.[CaH2].[KH]. The first-order valence-electron chi connectivity index (χ1n) is 3.30. The number of aliphatic carboxylic acids is 3. The molecule has 0 aliphatic heterocycles. The topological polar surface area (TPSA) is 152 Å². The molecule has 10 heteroatoms. The van der Waals surface area contributed by atoms with Gasteiger partial charge in [0.05, 0.1) is 6.42 Å². The number of hydrogen-bond donors (Lipinski definition) is 5. The first-order valence-corrected chi connectivity index (χ1v) is 3.30. The Morgan fingerprint density at radius 3 is 1.69 bits per heavy atom. The number of aliphatic hydroxyl groups is 2. The van der Waals surface area contributed by atoms with E-state index in [1.54, 1.807) is 0 Å². The predicted molar refractivity (Wildman–Crippen MR) is 54.2 cm³/mol. The second-order valence-corrected chi connectivity index (χ2v) is 2.54. The van der Waals surface area contributed by atoms with Crippen LogP contribution in [0.2, 0.25) is 0 Å². The fourth-order valence-corrected chi connectivity index (χ4v) is 0.724. The van der Waals surface area contributed by atoms with Gasteiger partial charge in [0, 0.05) is 0 Å². The molecule has 0 aromatic rings. The minimum absolute atomic E-state index is 0. The van der Waals surface area contributed by atoms with Gasteiger partial charge in [0.25, 0.3) is 0 Å². The van der Waals surface area contributed by atoms with Gasteiger partial charge in [0.2, 0.25) is 5.60 Å². The molecule has 2 unspecified atom stereocenters. The quantitative estimate of drug-likeness (QED) is 0.323. The summed E-state index contributed by atoms with van der Waals surface area (Å²) >= 11 is 0. The van der Waals surface area contributed by atoms with Gasteiger partial charge >= 0.3 is 107 Å². The molecule has 0 spiro atoms. The molecule has 16 heavy (non-hydrogen) atoms. The van der Waals surface area contributed by atoms with E-state index in [9.17, 15) is 14.4 Å². The molecule has 0 bridgehead atoms. The van der Waals surface area contributed by atoms with Crippen LogP contribution >= 0.6 is 0 Å². The second kappa shape index (κ2) is 9.20. The van der Waals surface area contributed by atoms with Crippen molar-refractivity contribution >= 4 is 107 Å². The van der Waals surface area contributed by atoms with Crippen LogP contribution in [-0.2, 0) is 14.4 Å². The van der Waals surface area contributed by atoms with Crippen LogP contribution < -0.4 is 0 Å². The van der Waals surface area contributed by atoms with Crippen LogP contribution in [0, 0.1) is 0 Å². The fraction of sp³-hybridized carbons (Fsp3) is 0.500. The molecule has 0 rings (SSSR count). The van der Waals surface area contributed by atoms with Crippen molar-refractivity contribution in [3.8, 4) is 0 Å². The summed E-state index contributed by atoms with van der Waals surface area (Å²) < 4.78 is 0. The summed E-state index contributed by atoms with van der Waals surface area (Å²) in [6, 6.07) is 0. The van der Waals surface area contributed by atoms with Crippen LogP contribution in [0.1, 0.15) is 6.42 Å². The summed E-state index contributed by atoms with van der Waals surface area (Å²) in [5.41, 5.74) is -3.22. The molecule has 0 heterocycles. The molecule has 0 aliphatic rings. The first-order chi connectivity index (χ1) is 6.21. The summed E-state index contributed by atoms with van der Waals surface area (Å²) in [5.74, 6) is -5.87. The zero-order chi connectivity index (χ0) is 11.5. The van der Waals surface area contributed by atoms with Gasteiger partial charge in [-0.3, -0.25) is 4.79 Å². The van der Waals surface area contributed by atoms with Gasteiger partial charge in [-0.15, -0.1) is 0 Å². The van der Waals surface area contributed by atoms with E-state index >= 15 is 0 Å². The van der Waals surface area contributed by atoms with Crippen molar-refractivity contribution < 1.29 is 39.9 Å². The molecule has 0 radical (unpaired) electrons. The molecular formula is C6H11CaKO8. The number of carboxylic acids is 3. The molecule has 0 amide bonds. The first kappa shape index (κ1) is 22.4. The van der Waals surface area contributed by atoms with Crippen molar-refractivity contribution in [3.63, 3.8) is 0 Å². The number of aliphatic hydroxyl groups excluding tert-OH is 1. The molecule has 0 saturated heterocycles. The molecule has 86 valence electrons. The Balaban J connectivity index is -0.000000845. The van der Waals surface area contributed by atoms with E-state index in [1.165, 1.54) is 0 Å². The van der Waals surface area contributed by atoms with Crippen molar-refractivity contribution in [1.82, 2.24) is 0 Å². The van der Waals surface area contributed by atoms with Crippen molar-refractivity contribution in [2.75, 3.05) is 0 Å². The molecule has 0 aromatic carbocycles. The van der Waals surface area contributed by atoms with E-state index in [-0.39, 0.29) is 89.1 Å². The van der Waals surface area contributed by atoms with E-state index in [1.807, 2.05) is 0 Å².